The van der Waals surface area contributed by atoms with Crippen LogP contribution in [0.2, 0.25) is 0 Å². The van der Waals surface area contributed by atoms with Crippen LogP contribution in [-0.4, -0.2) is 21.2 Å². The van der Waals surface area contributed by atoms with Crippen molar-refractivity contribution in [1.29, 1.82) is 0 Å². The van der Waals surface area contributed by atoms with E-state index in [2.05, 4.69) is 29.0 Å². The molecule has 4 heteroatoms. The third-order valence-electron chi connectivity index (χ3n) is 3.80. The fourth-order valence-electron chi connectivity index (χ4n) is 2.40. The molecule has 1 unspecified atom stereocenters. The average molecular weight is 236 g/mol. The van der Waals surface area contributed by atoms with Crippen LogP contribution in [0.25, 0.3) is 0 Å². The highest BCUT2D eigenvalue weighted by molar-refractivity contribution is 5.00. The molecule has 1 aromatic heterocycles. The van der Waals surface area contributed by atoms with Crippen molar-refractivity contribution in [3.63, 3.8) is 0 Å². The molecule has 17 heavy (non-hydrogen) atoms. The SMILES string of the molecule is CC(C)C(N)Cc1nc(C2CCCCC2)n[nH]1. The van der Waals surface area contributed by atoms with Crippen LogP contribution in [0.15, 0.2) is 0 Å². The summed E-state index contributed by atoms with van der Waals surface area (Å²) in [6.45, 7) is 4.28. The lowest BCUT2D eigenvalue weighted by molar-refractivity contribution is 0.429. The standard InChI is InChI=1S/C13H24N4/c1-9(2)11(14)8-12-15-13(17-16-12)10-6-4-3-5-7-10/h9-11H,3-8,14H2,1-2H3,(H,15,16,17). The summed E-state index contributed by atoms with van der Waals surface area (Å²) < 4.78 is 0. The molecule has 0 bridgehead atoms. The van der Waals surface area contributed by atoms with Gasteiger partial charge >= 0.3 is 0 Å². The Bertz CT molecular complexity index is 339. The zero-order chi connectivity index (χ0) is 12.3. The van der Waals surface area contributed by atoms with E-state index in [9.17, 15) is 0 Å². The number of H-pyrrole nitrogens is 1. The summed E-state index contributed by atoms with van der Waals surface area (Å²) in [5, 5.41) is 7.41. The van der Waals surface area contributed by atoms with E-state index in [0.29, 0.717) is 11.8 Å². The topological polar surface area (TPSA) is 67.6 Å². The smallest absolute Gasteiger partial charge is 0.153 e. The van der Waals surface area contributed by atoms with Gasteiger partial charge < -0.3 is 5.73 Å². The number of aromatic nitrogens is 3. The number of hydrogen-bond acceptors (Lipinski definition) is 3. The van der Waals surface area contributed by atoms with Crippen molar-refractivity contribution in [2.75, 3.05) is 0 Å². The number of nitrogens with zero attached hydrogens (tertiary/aromatic N) is 2. The lowest BCUT2D eigenvalue weighted by Gasteiger charge is -2.18. The third-order valence-corrected chi connectivity index (χ3v) is 3.80. The molecule has 1 aliphatic rings. The quantitative estimate of drug-likeness (QED) is 0.843. The van der Waals surface area contributed by atoms with Crippen LogP contribution in [-0.2, 0) is 6.42 Å². The van der Waals surface area contributed by atoms with Crippen molar-refractivity contribution < 1.29 is 0 Å². The third kappa shape index (κ3) is 3.28. The van der Waals surface area contributed by atoms with E-state index >= 15 is 0 Å². The van der Waals surface area contributed by atoms with E-state index in [1.807, 2.05) is 0 Å². The van der Waals surface area contributed by atoms with Gasteiger partial charge in [0.2, 0.25) is 0 Å². The molecule has 1 aliphatic carbocycles. The Balaban J connectivity index is 1.95. The van der Waals surface area contributed by atoms with Crippen LogP contribution in [0.4, 0.5) is 0 Å². The van der Waals surface area contributed by atoms with E-state index in [4.69, 9.17) is 5.73 Å². The molecule has 1 atom stereocenters. The minimum Gasteiger partial charge on any atom is -0.327 e. The highest BCUT2D eigenvalue weighted by Gasteiger charge is 2.20. The van der Waals surface area contributed by atoms with E-state index in [-0.39, 0.29) is 6.04 Å². The molecule has 3 N–H and O–H groups in total. The van der Waals surface area contributed by atoms with E-state index in [1.54, 1.807) is 0 Å². The number of nitrogens with two attached hydrogens (primary N) is 1. The lowest BCUT2D eigenvalue weighted by atomic mass is 9.89. The summed E-state index contributed by atoms with van der Waals surface area (Å²) in [6.07, 6.45) is 7.30. The summed E-state index contributed by atoms with van der Waals surface area (Å²) in [5.41, 5.74) is 6.05. The maximum Gasteiger partial charge on any atom is 0.153 e. The zero-order valence-corrected chi connectivity index (χ0v) is 10.9. The molecule has 0 aliphatic heterocycles. The highest BCUT2D eigenvalue weighted by Crippen LogP contribution is 2.30. The van der Waals surface area contributed by atoms with Gasteiger partial charge in [0.15, 0.2) is 5.82 Å². The van der Waals surface area contributed by atoms with Gasteiger partial charge in [0.1, 0.15) is 5.82 Å². The maximum absolute atomic E-state index is 6.05. The van der Waals surface area contributed by atoms with Gasteiger partial charge in [0.05, 0.1) is 0 Å². The molecular weight excluding hydrogens is 212 g/mol. The van der Waals surface area contributed by atoms with Crippen LogP contribution >= 0.6 is 0 Å². The van der Waals surface area contributed by atoms with Crippen LogP contribution < -0.4 is 5.73 Å². The van der Waals surface area contributed by atoms with E-state index in [0.717, 1.165) is 18.1 Å². The van der Waals surface area contributed by atoms with Crippen LogP contribution in [0.3, 0.4) is 0 Å². The molecule has 4 nitrogen and oxygen atoms in total. The maximum atomic E-state index is 6.05. The summed E-state index contributed by atoms with van der Waals surface area (Å²) in [6, 6.07) is 0.169. The Morgan fingerprint density at radius 2 is 2.00 bits per heavy atom. The molecule has 0 spiro atoms. The molecule has 0 amide bonds. The summed E-state index contributed by atoms with van der Waals surface area (Å²) in [4.78, 5) is 4.61. The second-order valence-electron chi connectivity index (χ2n) is 5.59. The van der Waals surface area contributed by atoms with Gasteiger partial charge in [-0.1, -0.05) is 33.1 Å². The Morgan fingerprint density at radius 3 is 2.65 bits per heavy atom. The Hall–Kier alpha value is -0.900. The molecule has 1 saturated carbocycles. The van der Waals surface area contributed by atoms with Gasteiger partial charge in [0.25, 0.3) is 0 Å². The second kappa shape index (κ2) is 5.63. The first kappa shape index (κ1) is 12.6. The number of hydrogen-bond donors (Lipinski definition) is 2. The molecule has 2 rings (SSSR count). The van der Waals surface area contributed by atoms with Gasteiger partial charge in [-0.25, -0.2) is 4.98 Å². The lowest BCUT2D eigenvalue weighted by Crippen LogP contribution is -2.29. The monoisotopic (exact) mass is 236 g/mol. The van der Waals surface area contributed by atoms with Crippen molar-refractivity contribution in [1.82, 2.24) is 15.2 Å². The first-order valence-electron chi connectivity index (χ1n) is 6.83. The first-order valence-corrected chi connectivity index (χ1v) is 6.83. The molecule has 0 aromatic carbocycles. The molecule has 0 saturated heterocycles. The summed E-state index contributed by atoms with van der Waals surface area (Å²) >= 11 is 0. The summed E-state index contributed by atoms with van der Waals surface area (Å²) in [7, 11) is 0. The highest BCUT2D eigenvalue weighted by atomic mass is 15.2. The second-order valence-corrected chi connectivity index (χ2v) is 5.59. The molecule has 1 heterocycles. The zero-order valence-electron chi connectivity index (χ0n) is 10.9. The number of nitrogens with one attached hydrogen (secondary N) is 1. The van der Waals surface area contributed by atoms with Crippen LogP contribution in [0.1, 0.15) is 63.5 Å². The van der Waals surface area contributed by atoms with Crippen molar-refractivity contribution in [2.24, 2.45) is 11.7 Å². The normalized spacial score (nSPS) is 19.8. The predicted molar refractivity (Wildman–Crippen MR) is 68.7 cm³/mol. The number of aromatic amines is 1. The predicted octanol–water partition coefficient (Wildman–Crippen LogP) is 2.38. The van der Waals surface area contributed by atoms with Crippen molar-refractivity contribution in [3.8, 4) is 0 Å². The fourth-order valence-corrected chi connectivity index (χ4v) is 2.40. The Morgan fingerprint density at radius 1 is 1.29 bits per heavy atom. The Kier molecular flexibility index (Phi) is 4.15. The van der Waals surface area contributed by atoms with E-state index < -0.39 is 0 Å². The van der Waals surface area contributed by atoms with Crippen molar-refractivity contribution >= 4 is 0 Å². The van der Waals surface area contributed by atoms with Crippen molar-refractivity contribution in [2.45, 2.75) is 64.3 Å². The molecule has 0 radical (unpaired) electrons. The molecule has 1 aromatic rings. The largest absolute Gasteiger partial charge is 0.327 e. The van der Waals surface area contributed by atoms with Gasteiger partial charge in [-0.2, -0.15) is 5.10 Å². The van der Waals surface area contributed by atoms with E-state index in [1.165, 1.54) is 32.1 Å². The van der Waals surface area contributed by atoms with Gasteiger partial charge in [-0.05, 0) is 18.8 Å². The number of rotatable bonds is 4. The average Bonchev–Trinajstić information content (AvgIpc) is 2.78. The Labute approximate surface area is 103 Å². The first-order chi connectivity index (χ1) is 8.16. The minimum absolute atomic E-state index is 0.169. The minimum atomic E-state index is 0.169. The van der Waals surface area contributed by atoms with Gasteiger partial charge in [-0.3, -0.25) is 5.10 Å². The van der Waals surface area contributed by atoms with Crippen LogP contribution in [0, 0.1) is 5.92 Å². The fraction of sp³-hybridized carbons (Fsp3) is 0.846. The molecule has 1 fully saturated rings. The van der Waals surface area contributed by atoms with Crippen LogP contribution in [0.5, 0.6) is 0 Å². The van der Waals surface area contributed by atoms with Crippen molar-refractivity contribution in [3.05, 3.63) is 11.6 Å². The molecule has 96 valence electrons. The molecular formula is C13H24N4. The summed E-state index contributed by atoms with van der Waals surface area (Å²) in [5.74, 6) is 3.02. The van der Waals surface area contributed by atoms with Gasteiger partial charge in [-0.15, -0.1) is 0 Å². The van der Waals surface area contributed by atoms with Gasteiger partial charge in [0, 0.05) is 18.4 Å².